The van der Waals surface area contributed by atoms with Crippen molar-refractivity contribution >= 4 is 24.2 Å². The van der Waals surface area contributed by atoms with Crippen LogP contribution >= 0.6 is 11.6 Å². The van der Waals surface area contributed by atoms with Crippen molar-refractivity contribution in [1.29, 1.82) is 0 Å². The number of halogens is 4. The number of amidine groups is 1. The number of allylic oxidation sites excluding steroid dienone is 1. The Hall–Kier alpha value is -1.82. The van der Waals surface area contributed by atoms with Gasteiger partial charge in [-0.15, -0.1) is 11.6 Å². The smallest absolute Gasteiger partial charge is 0.375 e. The first-order valence-electron chi connectivity index (χ1n) is 8.44. The number of hydrogen-bond donors (Lipinski definition) is 1. The Morgan fingerprint density at radius 1 is 1.27 bits per heavy atom. The zero-order chi connectivity index (χ0) is 19.9. The maximum Gasteiger partial charge on any atom is 0.416 e. The van der Waals surface area contributed by atoms with Crippen molar-refractivity contribution in [1.82, 2.24) is 5.32 Å². The molecule has 3 nitrogen and oxygen atoms in total. The van der Waals surface area contributed by atoms with Gasteiger partial charge in [-0.05, 0) is 50.6 Å². The van der Waals surface area contributed by atoms with E-state index < -0.39 is 17.8 Å². The van der Waals surface area contributed by atoms with Gasteiger partial charge in [0.05, 0.1) is 17.6 Å². The van der Waals surface area contributed by atoms with Gasteiger partial charge in [-0.3, -0.25) is 4.99 Å². The molecule has 0 fully saturated rings. The molecule has 1 unspecified atom stereocenters. The molecule has 1 aromatic carbocycles. The highest BCUT2D eigenvalue weighted by molar-refractivity contribution is 6.17. The van der Waals surface area contributed by atoms with E-state index in [0.717, 1.165) is 17.3 Å². The average Bonchev–Trinajstić information content (AvgIpc) is 2.59. The van der Waals surface area contributed by atoms with Crippen molar-refractivity contribution < 1.29 is 13.2 Å². The lowest BCUT2D eigenvalue weighted by Gasteiger charge is -2.18. The van der Waals surface area contributed by atoms with Gasteiger partial charge in [-0.25, -0.2) is 4.99 Å². The number of rotatable bonds is 7. The van der Waals surface area contributed by atoms with Gasteiger partial charge in [0, 0.05) is 11.3 Å². The van der Waals surface area contributed by atoms with Gasteiger partial charge in [-0.2, -0.15) is 13.2 Å². The molecule has 0 heterocycles. The van der Waals surface area contributed by atoms with E-state index in [2.05, 4.69) is 22.0 Å². The molecule has 1 atom stereocenters. The molecule has 0 aliphatic carbocycles. The minimum Gasteiger partial charge on any atom is -0.375 e. The van der Waals surface area contributed by atoms with Gasteiger partial charge >= 0.3 is 6.18 Å². The Morgan fingerprint density at radius 3 is 2.38 bits per heavy atom. The van der Waals surface area contributed by atoms with Crippen molar-refractivity contribution in [3.8, 4) is 0 Å². The van der Waals surface area contributed by atoms with Crippen LogP contribution in [0.1, 0.15) is 56.3 Å². The Morgan fingerprint density at radius 2 is 1.92 bits per heavy atom. The van der Waals surface area contributed by atoms with E-state index >= 15 is 0 Å². The highest BCUT2D eigenvalue weighted by atomic mass is 35.5. The number of hydrogen-bond acceptors (Lipinski definition) is 2. The number of nitrogens with zero attached hydrogens (tertiary/aromatic N) is 2. The molecule has 0 aromatic heterocycles. The maximum absolute atomic E-state index is 13.1. The first-order valence-corrected chi connectivity index (χ1v) is 8.98. The van der Waals surface area contributed by atoms with Crippen LogP contribution in [0.3, 0.4) is 0 Å². The summed E-state index contributed by atoms with van der Waals surface area (Å²) < 4.78 is 39.4. The van der Waals surface area contributed by atoms with Gasteiger partial charge in [0.15, 0.2) is 5.84 Å². The van der Waals surface area contributed by atoms with Crippen LogP contribution in [0.5, 0.6) is 0 Å². The average molecular weight is 388 g/mol. The molecule has 0 aliphatic rings. The van der Waals surface area contributed by atoms with Crippen LogP contribution in [0, 0.1) is 6.92 Å². The third-order valence-electron chi connectivity index (χ3n) is 4.22. The van der Waals surface area contributed by atoms with Gasteiger partial charge in [0.25, 0.3) is 0 Å². The Balaban J connectivity index is 3.39. The predicted octanol–water partition coefficient (Wildman–Crippen LogP) is 6.03. The first-order chi connectivity index (χ1) is 12.2. The summed E-state index contributed by atoms with van der Waals surface area (Å²) in [6, 6.07) is 3.90. The Labute approximate surface area is 158 Å². The van der Waals surface area contributed by atoms with Crippen LogP contribution in [0.25, 0.3) is 0 Å². The van der Waals surface area contributed by atoms with Crippen LogP contribution in [0.15, 0.2) is 39.5 Å². The van der Waals surface area contributed by atoms with Crippen LogP contribution < -0.4 is 5.32 Å². The van der Waals surface area contributed by atoms with E-state index in [9.17, 15) is 13.2 Å². The second-order valence-electron chi connectivity index (χ2n) is 5.78. The summed E-state index contributed by atoms with van der Waals surface area (Å²) in [5.41, 5.74) is 1.81. The van der Waals surface area contributed by atoms with Crippen molar-refractivity contribution in [3.63, 3.8) is 0 Å². The number of nitrogens with one attached hydrogen (secondary N) is 1. The van der Waals surface area contributed by atoms with Crippen LogP contribution in [0.2, 0.25) is 0 Å². The van der Waals surface area contributed by atoms with E-state index in [1.165, 1.54) is 13.0 Å². The van der Waals surface area contributed by atoms with Crippen molar-refractivity contribution in [2.24, 2.45) is 9.98 Å². The van der Waals surface area contributed by atoms with E-state index in [1.54, 1.807) is 13.0 Å². The van der Waals surface area contributed by atoms with Gasteiger partial charge in [-0.1, -0.05) is 26.0 Å². The zero-order valence-electron chi connectivity index (χ0n) is 15.5. The SMILES string of the molecule is C=NC(=NC(C)c1cccc(C(F)(F)F)c1C)/C(CC)=C(/CC)NCCl. The number of benzene rings is 1. The summed E-state index contributed by atoms with van der Waals surface area (Å²) in [7, 11) is 0. The molecule has 0 bridgehead atoms. The molecule has 0 saturated heterocycles. The molecule has 26 heavy (non-hydrogen) atoms. The topological polar surface area (TPSA) is 36.8 Å². The molecule has 0 saturated carbocycles. The van der Waals surface area contributed by atoms with Crippen LogP contribution in [-0.4, -0.2) is 18.6 Å². The van der Waals surface area contributed by atoms with E-state index in [1.807, 2.05) is 13.8 Å². The second-order valence-corrected chi connectivity index (χ2v) is 6.05. The third-order valence-corrected chi connectivity index (χ3v) is 4.35. The lowest BCUT2D eigenvalue weighted by molar-refractivity contribution is -0.138. The molecule has 0 aliphatic heterocycles. The van der Waals surface area contributed by atoms with Gasteiger partial charge < -0.3 is 5.32 Å². The summed E-state index contributed by atoms with van der Waals surface area (Å²) in [5.74, 6) is 0.422. The number of alkyl halides is 4. The predicted molar refractivity (Wildman–Crippen MR) is 103 cm³/mol. The minimum atomic E-state index is -4.39. The third kappa shape index (κ3) is 5.34. The molecule has 1 rings (SSSR count). The highest BCUT2D eigenvalue weighted by Crippen LogP contribution is 2.35. The summed E-state index contributed by atoms with van der Waals surface area (Å²) in [6.45, 7) is 10.7. The van der Waals surface area contributed by atoms with E-state index in [0.29, 0.717) is 24.2 Å². The fourth-order valence-corrected chi connectivity index (χ4v) is 3.07. The molecule has 144 valence electrons. The van der Waals surface area contributed by atoms with Crippen LogP contribution in [0.4, 0.5) is 13.2 Å². The monoisotopic (exact) mass is 387 g/mol. The molecule has 1 N–H and O–H groups in total. The molecule has 0 spiro atoms. The zero-order valence-corrected chi connectivity index (χ0v) is 16.3. The van der Waals surface area contributed by atoms with Crippen molar-refractivity contribution in [2.45, 2.75) is 52.8 Å². The lowest BCUT2D eigenvalue weighted by Crippen LogP contribution is -2.17. The fourth-order valence-electron chi connectivity index (χ4n) is 2.91. The molecule has 1 aromatic rings. The quantitative estimate of drug-likeness (QED) is 0.263. The Bertz CT molecular complexity index is 694. The van der Waals surface area contributed by atoms with Crippen LogP contribution in [-0.2, 0) is 6.18 Å². The highest BCUT2D eigenvalue weighted by Gasteiger charge is 2.33. The summed E-state index contributed by atoms with van der Waals surface area (Å²) in [4.78, 5) is 8.56. The number of aliphatic imine (C=N–C) groups is 2. The fraction of sp³-hybridized carbons (Fsp3) is 0.474. The largest absolute Gasteiger partial charge is 0.416 e. The standard InChI is InChI=1S/C19H25ClF3N3/c1-6-14(17(7-2)25-11-20)18(24-5)26-13(4)15-9-8-10-16(12(15)3)19(21,22)23/h8-10,13,25H,5-7,11H2,1-4H3/b17-14-,26-18?. The molecule has 7 heteroatoms. The van der Waals surface area contributed by atoms with E-state index in [-0.39, 0.29) is 11.6 Å². The maximum atomic E-state index is 13.1. The molecule has 0 amide bonds. The summed E-state index contributed by atoms with van der Waals surface area (Å²) in [5, 5.41) is 3.08. The van der Waals surface area contributed by atoms with E-state index in [4.69, 9.17) is 11.6 Å². The van der Waals surface area contributed by atoms with Crippen molar-refractivity contribution in [3.05, 3.63) is 46.2 Å². The lowest BCUT2D eigenvalue weighted by atomic mass is 9.97. The van der Waals surface area contributed by atoms with Crippen molar-refractivity contribution in [2.75, 3.05) is 6.00 Å². The first kappa shape index (κ1) is 22.2. The summed E-state index contributed by atoms with van der Waals surface area (Å²) >= 11 is 5.77. The Kier molecular flexibility index (Phi) is 8.34. The molecular weight excluding hydrogens is 363 g/mol. The molecule has 0 radical (unpaired) electrons. The van der Waals surface area contributed by atoms with Gasteiger partial charge in [0.1, 0.15) is 0 Å². The van der Waals surface area contributed by atoms with Gasteiger partial charge in [0.2, 0.25) is 0 Å². The normalized spacial score (nSPS) is 14.7. The second kappa shape index (κ2) is 9.76. The molecular formula is C19H25ClF3N3. The minimum absolute atomic E-state index is 0.177. The summed E-state index contributed by atoms with van der Waals surface area (Å²) in [6.07, 6.45) is -3.03.